The van der Waals surface area contributed by atoms with E-state index < -0.39 is 5.97 Å². The van der Waals surface area contributed by atoms with Gasteiger partial charge in [0.2, 0.25) is 0 Å². The Balaban J connectivity index is 2.77. The van der Waals surface area contributed by atoms with E-state index in [1.165, 1.54) is 0 Å². The van der Waals surface area contributed by atoms with Crippen molar-refractivity contribution >= 4 is 5.97 Å². The molecule has 0 amide bonds. The van der Waals surface area contributed by atoms with Crippen LogP contribution in [0.5, 0.6) is 0 Å². The SMILES string of the molecule is CC(C)CN(CC(=O)O)C(C)c1cnn(C)c1. The van der Waals surface area contributed by atoms with Crippen LogP contribution in [0.1, 0.15) is 32.4 Å². The van der Waals surface area contributed by atoms with Crippen molar-refractivity contribution in [1.29, 1.82) is 0 Å². The minimum absolute atomic E-state index is 0.0637. The molecule has 17 heavy (non-hydrogen) atoms. The molecule has 0 aliphatic heterocycles. The Morgan fingerprint density at radius 1 is 1.53 bits per heavy atom. The summed E-state index contributed by atoms with van der Waals surface area (Å²) in [4.78, 5) is 12.8. The molecule has 96 valence electrons. The van der Waals surface area contributed by atoms with Crippen LogP contribution in [0.4, 0.5) is 0 Å². The molecule has 0 aliphatic rings. The zero-order chi connectivity index (χ0) is 13.0. The second-order valence-electron chi connectivity index (χ2n) is 4.84. The third-order valence-electron chi connectivity index (χ3n) is 2.69. The van der Waals surface area contributed by atoms with Gasteiger partial charge in [-0.3, -0.25) is 14.4 Å². The molecule has 0 bridgehead atoms. The van der Waals surface area contributed by atoms with E-state index in [1.807, 2.05) is 25.1 Å². The van der Waals surface area contributed by atoms with E-state index >= 15 is 0 Å². The monoisotopic (exact) mass is 239 g/mol. The average molecular weight is 239 g/mol. The van der Waals surface area contributed by atoms with Gasteiger partial charge in [-0.1, -0.05) is 13.8 Å². The molecular weight excluding hydrogens is 218 g/mol. The standard InChI is InChI=1S/C12H21N3O2/c1-9(2)6-15(8-12(16)17)10(3)11-5-13-14(4)7-11/h5,7,9-10H,6,8H2,1-4H3,(H,16,17). The maximum Gasteiger partial charge on any atom is 0.317 e. The van der Waals surface area contributed by atoms with Gasteiger partial charge in [0.1, 0.15) is 0 Å². The fourth-order valence-corrected chi connectivity index (χ4v) is 1.87. The lowest BCUT2D eigenvalue weighted by Gasteiger charge is -2.28. The fourth-order valence-electron chi connectivity index (χ4n) is 1.87. The number of carbonyl (C=O) groups is 1. The van der Waals surface area contributed by atoms with Crippen molar-refractivity contribution in [3.63, 3.8) is 0 Å². The van der Waals surface area contributed by atoms with Gasteiger partial charge >= 0.3 is 5.97 Å². The van der Waals surface area contributed by atoms with E-state index in [2.05, 4.69) is 18.9 Å². The number of carboxylic acid groups (broad SMARTS) is 1. The molecule has 0 saturated carbocycles. The van der Waals surface area contributed by atoms with E-state index in [0.717, 1.165) is 12.1 Å². The summed E-state index contributed by atoms with van der Waals surface area (Å²) in [7, 11) is 1.86. The molecule has 1 aromatic rings. The Morgan fingerprint density at radius 3 is 2.59 bits per heavy atom. The second kappa shape index (κ2) is 5.82. The second-order valence-corrected chi connectivity index (χ2v) is 4.84. The van der Waals surface area contributed by atoms with Crippen molar-refractivity contribution in [2.45, 2.75) is 26.8 Å². The summed E-state index contributed by atoms with van der Waals surface area (Å²) in [5, 5.41) is 13.1. The molecule has 0 saturated heterocycles. The van der Waals surface area contributed by atoms with Crippen LogP contribution in [0.2, 0.25) is 0 Å². The smallest absolute Gasteiger partial charge is 0.317 e. The summed E-state index contributed by atoms with van der Waals surface area (Å²) >= 11 is 0. The van der Waals surface area contributed by atoms with Gasteiger partial charge < -0.3 is 5.11 Å². The molecule has 0 aromatic carbocycles. The van der Waals surface area contributed by atoms with Gasteiger partial charge in [-0.15, -0.1) is 0 Å². The van der Waals surface area contributed by atoms with Crippen LogP contribution in [0.15, 0.2) is 12.4 Å². The van der Waals surface area contributed by atoms with E-state index in [9.17, 15) is 4.79 Å². The zero-order valence-corrected chi connectivity index (χ0v) is 10.9. The summed E-state index contributed by atoms with van der Waals surface area (Å²) in [5.74, 6) is -0.352. The van der Waals surface area contributed by atoms with Crippen molar-refractivity contribution in [2.24, 2.45) is 13.0 Å². The molecule has 1 rings (SSSR count). The fraction of sp³-hybridized carbons (Fsp3) is 0.667. The van der Waals surface area contributed by atoms with Crippen LogP contribution < -0.4 is 0 Å². The molecule has 1 heterocycles. The Kier molecular flexibility index (Phi) is 4.69. The molecule has 1 N–H and O–H groups in total. The molecule has 0 radical (unpaired) electrons. The molecule has 1 aromatic heterocycles. The average Bonchev–Trinajstić information content (AvgIpc) is 2.61. The predicted molar refractivity (Wildman–Crippen MR) is 65.7 cm³/mol. The van der Waals surface area contributed by atoms with Crippen LogP contribution in [-0.4, -0.2) is 38.8 Å². The molecule has 1 atom stereocenters. The molecular formula is C12H21N3O2. The first-order valence-electron chi connectivity index (χ1n) is 5.84. The molecule has 0 fully saturated rings. The zero-order valence-electron chi connectivity index (χ0n) is 10.9. The highest BCUT2D eigenvalue weighted by molar-refractivity contribution is 5.69. The highest BCUT2D eigenvalue weighted by Crippen LogP contribution is 2.20. The van der Waals surface area contributed by atoms with Gasteiger partial charge in [-0.25, -0.2) is 0 Å². The first-order chi connectivity index (χ1) is 7.90. The van der Waals surface area contributed by atoms with Crippen LogP contribution in [0.3, 0.4) is 0 Å². The number of rotatable bonds is 6. The summed E-state index contributed by atoms with van der Waals surface area (Å²) in [6, 6.07) is 0.0715. The van der Waals surface area contributed by atoms with Crippen LogP contribution in [-0.2, 0) is 11.8 Å². The molecule has 1 unspecified atom stereocenters. The highest BCUT2D eigenvalue weighted by Gasteiger charge is 2.20. The van der Waals surface area contributed by atoms with Crippen molar-refractivity contribution in [1.82, 2.24) is 14.7 Å². The quantitative estimate of drug-likeness (QED) is 0.817. The maximum atomic E-state index is 10.9. The third-order valence-corrected chi connectivity index (χ3v) is 2.69. The highest BCUT2D eigenvalue weighted by atomic mass is 16.4. The van der Waals surface area contributed by atoms with E-state index in [1.54, 1.807) is 10.9 Å². The molecule has 5 nitrogen and oxygen atoms in total. The molecule has 0 spiro atoms. The van der Waals surface area contributed by atoms with Gasteiger partial charge in [0.15, 0.2) is 0 Å². The van der Waals surface area contributed by atoms with Gasteiger partial charge in [-0.05, 0) is 12.8 Å². The van der Waals surface area contributed by atoms with Crippen LogP contribution in [0, 0.1) is 5.92 Å². The van der Waals surface area contributed by atoms with Gasteiger partial charge in [0.05, 0.1) is 12.7 Å². The van der Waals surface area contributed by atoms with Crippen LogP contribution >= 0.6 is 0 Å². The largest absolute Gasteiger partial charge is 0.480 e. The van der Waals surface area contributed by atoms with Gasteiger partial charge in [0, 0.05) is 31.4 Å². The third kappa shape index (κ3) is 4.19. The summed E-state index contributed by atoms with van der Waals surface area (Å²) in [6.07, 6.45) is 3.72. The van der Waals surface area contributed by atoms with E-state index in [0.29, 0.717) is 5.92 Å². The van der Waals surface area contributed by atoms with Crippen molar-refractivity contribution in [3.05, 3.63) is 18.0 Å². The minimum Gasteiger partial charge on any atom is -0.480 e. The molecule has 5 heteroatoms. The number of hydrogen-bond donors (Lipinski definition) is 1. The summed E-state index contributed by atoms with van der Waals surface area (Å²) in [5.41, 5.74) is 1.05. The lowest BCUT2D eigenvalue weighted by atomic mass is 10.1. The predicted octanol–water partition coefficient (Wildman–Crippen LogP) is 1.52. The first-order valence-corrected chi connectivity index (χ1v) is 5.84. The number of aromatic nitrogens is 2. The van der Waals surface area contributed by atoms with Gasteiger partial charge in [-0.2, -0.15) is 5.10 Å². The van der Waals surface area contributed by atoms with E-state index in [-0.39, 0.29) is 12.6 Å². The number of carboxylic acids is 1. The minimum atomic E-state index is -0.790. The van der Waals surface area contributed by atoms with Crippen molar-refractivity contribution < 1.29 is 9.90 Å². The lowest BCUT2D eigenvalue weighted by molar-refractivity contribution is -0.139. The summed E-state index contributed by atoms with van der Waals surface area (Å²) < 4.78 is 1.74. The summed E-state index contributed by atoms with van der Waals surface area (Å²) in [6.45, 7) is 7.02. The number of nitrogens with zero attached hydrogens (tertiary/aromatic N) is 3. The van der Waals surface area contributed by atoms with Crippen LogP contribution in [0.25, 0.3) is 0 Å². The first kappa shape index (κ1) is 13.7. The van der Waals surface area contributed by atoms with E-state index in [4.69, 9.17) is 5.11 Å². The topological polar surface area (TPSA) is 58.4 Å². The Labute approximate surface area is 102 Å². The maximum absolute atomic E-state index is 10.9. The normalized spacial score (nSPS) is 13.3. The Morgan fingerprint density at radius 2 is 2.18 bits per heavy atom. The number of aryl methyl sites for hydroxylation is 1. The number of hydrogen-bond acceptors (Lipinski definition) is 3. The Bertz CT molecular complexity index is 374. The van der Waals surface area contributed by atoms with Crippen molar-refractivity contribution in [3.8, 4) is 0 Å². The van der Waals surface area contributed by atoms with Gasteiger partial charge in [0.25, 0.3) is 0 Å². The molecule has 0 aliphatic carbocycles. The van der Waals surface area contributed by atoms with Crippen molar-refractivity contribution in [2.75, 3.05) is 13.1 Å². The Hall–Kier alpha value is -1.36. The lowest BCUT2D eigenvalue weighted by Crippen LogP contribution is -2.35. The number of aliphatic carboxylic acids is 1.